The molecule has 1 aromatic rings. The summed E-state index contributed by atoms with van der Waals surface area (Å²) in [6.07, 6.45) is 6.70. The standard InChI is InChI=1S/C12H15N3O2/c1-3-17-11-7-13-12(14-8-11)15-5-4-10(16)6-9(15)2/h4,6-8,16H,3,5H2,1-2H3. The minimum atomic E-state index is 0.282. The van der Waals surface area contributed by atoms with Crippen molar-refractivity contribution in [3.63, 3.8) is 0 Å². The summed E-state index contributed by atoms with van der Waals surface area (Å²) in [5.74, 6) is 1.55. The number of anilines is 1. The van der Waals surface area contributed by atoms with Gasteiger partial charge in [-0.25, -0.2) is 9.97 Å². The molecule has 0 saturated carbocycles. The normalized spacial score (nSPS) is 15.3. The van der Waals surface area contributed by atoms with Crippen LogP contribution in [0.5, 0.6) is 5.75 Å². The molecule has 0 fully saturated rings. The van der Waals surface area contributed by atoms with Crippen LogP contribution in [0, 0.1) is 0 Å². The van der Waals surface area contributed by atoms with Gasteiger partial charge in [0.2, 0.25) is 5.95 Å². The van der Waals surface area contributed by atoms with Gasteiger partial charge < -0.3 is 14.7 Å². The van der Waals surface area contributed by atoms with Crippen molar-refractivity contribution in [1.29, 1.82) is 0 Å². The highest BCUT2D eigenvalue weighted by molar-refractivity contribution is 5.45. The van der Waals surface area contributed by atoms with Gasteiger partial charge in [-0.1, -0.05) is 0 Å². The van der Waals surface area contributed by atoms with E-state index in [-0.39, 0.29) is 5.76 Å². The van der Waals surface area contributed by atoms with E-state index in [4.69, 9.17) is 4.74 Å². The predicted molar refractivity (Wildman–Crippen MR) is 65.0 cm³/mol. The molecule has 2 rings (SSSR count). The van der Waals surface area contributed by atoms with Crippen LogP contribution in [-0.2, 0) is 0 Å². The van der Waals surface area contributed by atoms with Gasteiger partial charge in [-0.05, 0) is 26.0 Å². The highest BCUT2D eigenvalue weighted by atomic mass is 16.5. The lowest BCUT2D eigenvalue weighted by atomic mass is 10.2. The number of hydrogen-bond donors (Lipinski definition) is 1. The third kappa shape index (κ3) is 2.55. The fourth-order valence-electron chi connectivity index (χ4n) is 1.61. The second kappa shape index (κ2) is 4.86. The summed E-state index contributed by atoms with van der Waals surface area (Å²) in [5.41, 5.74) is 0.911. The number of hydrogen-bond acceptors (Lipinski definition) is 5. The lowest BCUT2D eigenvalue weighted by Gasteiger charge is -2.24. The summed E-state index contributed by atoms with van der Waals surface area (Å²) in [5, 5.41) is 9.36. The molecule has 0 unspecified atom stereocenters. The Hall–Kier alpha value is -2.04. The van der Waals surface area contributed by atoms with Crippen molar-refractivity contribution in [2.75, 3.05) is 18.1 Å². The van der Waals surface area contributed by atoms with Crippen molar-refractivity contribution in [2.45, 2.75) is 13.8 Å². The van der Waals surface area contributed by atoms with Crippen LogP contribution in [0.3, 0.4) is 0 Å². The number of rotatable bonds is 3. The molecule has 1 aliphatic rings. The highest BCUT2D eigenvalue weighted by Crippen LogP contribution is 2.19. The van der Waals surface area contributed by atoms with Gasteiger partial charge in [0.25, 0.3) is 0 Å². The molecule has 1 aliphatic heterocycles. The number of aliphatic hydroxyl groups is 1. The topological polar surface area (TPSA) is 58.5 Å². The molecule has 0 amide bonds. The molecule has 0 saturated heterocycles. The molecule has 5 heteroatoms. The van der Waals surface area contributed by atoms with Crippen molar-refractivity contribution in [3.8, 4) is 5.75 Å². The second-order valence-corrected chi connectivity index (χ2v) is 3.68. The van der Waals surface area contributed by atoms with Crippen LogP contribution in [0.25, 0.3) is 0 Å². The van der Waals surface area contributed by atoms with Gasteiger partial charge in [0.15, 0.2) is 5.75 Å². The van der Waals surface area contributed by atoms with Gasteiger partial charge in [-0.3, -0.25) is 0 Å². The quantitative estimate of drug-likeness (QED) is 0.865. The minimum Gasteiger partial charge on any atom is -0.508 e. The predicted octanol–water partition coefficient (Wildman–Crippen LogP) is 2.04. The summed E-state index contributed by atoms with van der Waals surface area (Å²) >= 11 is 0. The fraction of sp³-hybridized carbons (Fsp3) is 0.333. The van der Waals surface area contributed by atoms with Crippen molar-refractivity contribution < 1.29 is 9.84 Å². The van der Waals surface area contributed by atoms with E-state index in [2.05, 4.69) is 9.97 Å². The summed E-state index contributed by atoms with van der Waals surface area (Å²) in [6, 6.07) is 0. The maximum absolute atomic E-state index is 9.36. The zero-order valence-corrected chi connectivity index (χ0v) is 9.92. The molecule has 0 spiro atoms. The molecule has 2 heterocycles. The van der Waals surface area contributed by atoms with Crippen molar-refractivity contribution in [3.05, 3.63) is 36.0 Å². The van der Waals surface area contributed by atoms with Gasteiger partial charge >= 0.3 is 0 Å². The average molecular weight is 233 g/mol. The number of allylic oxidation sites excluding steroid dienone is 2. The van der Waals surface area contributed by atoms with E-state index in [1.54, 1.807) is 24.5 Å². The first-order valence-electron chi connectivity index (χ1n) is 5.50. The third-order valence-corrected chi connectivity index (χ3v) is 2.43. The Labute approximate surface area is 100 Å². The maximum Gasteiger partial charge on any atom is 0.230 e. The molecule has 90 valence electrons. The summed E-state index contributed by atoms with van der Waals surface area (Å²) in [4.78, 5) is 10.4. The van der Waals surface area contributed by atoms with E-state index in [9.17, 15) is 5.11 Å². The Morgan fingerprint density at radius 1 is 1.41 bits per heavy atom. The van der Waals surface area contributed by atoms with Crippen LogP contribution >= 0.6 is 0 Å². The van der Waals surface area contributed by atoms with E-state index < -0.39 is 0 Å². The number of aliphatic hydroxyl groups excluding tert-OH is 1. The minimum absolute atomic E-state index is 0.282. The largest absolute Gasteiger partial charge is 0.508 e. The van der Waals surface area contributed by atoms with Crippen molar-refractivity contribution in [1.82, 2.24) is 9.97 Å². The van der Waals surface area contributed by atoms with Gasteiger partial charge in [-0.2, -0.15) is 0 Å². The van der Waals surface area contributed by atoms with E-state index in [0.29, 0.717) is 24.8 Å². The summed E-state index contributed by atoms with van der Waals surface area (Å²) in [6.45, 7) is 4.99. The Morgan fingerprint density at radius 2 is 2.12 bits per heavy atom. The van der Waals surface area contributed by atoms with Crippen molar-refractivity contribution >= 4 is 5.95 Å². The molecular formula is C12H15N3O2. The van der Waals surface area contributed by atoms with Gasteiger partial charge in [0.1, 0.15) is 5.76 Å². The maximum atomic E-state index is 9.36. The molecule has 0 atom stereocenters. The molecule has 17 heavy (non-hydrogen) atoms. The number of nitrogens with zero attached hydrogens (tertiary/aromatic N) is 3. The number of aromatic nitrogens is 2. The first kappa shape index (κ1) is 11.4. The Kier molecular flexibility index (Phi) is 3.27. The fourth-order valence-corrected chi connectivity index (χ4v) is 1.61. The molecule has 0 aliphatic carbocycles. The highest BCUT2D eigenvalue weighted by Gasteiger charge is 2.14. The summed E-state index contributed by atoms with van der Waals surface area (Å²) in [7, 11) is 0. The smallest absolute Gasteiger partial charge is 0.230 e. The first-order valence-corrected chi connectivity index (χ1v) is 5.50. The van der Waals surface area contributed by atoms with Gasteiger partial charge in [0.05, 0.1) is 19.0 Å². The average Bonchev–Trinajstić information content (AvgIpc) is 2.31. The molecule has 1 N–H and O–H groups in total. The summed E-state index contributed by atoms with van der Waals surface area (Å²) < 4.78 is 5.28. The second-order valence-electron chi connectivity index (χ2n) is 3.68. The number of ether oxygens (including phenoxy) is 1. The Bertz CT molecular complexity index is 451. The van der Waals surface area contributed by atoms with E-state index in [1.165, 1.54) is 0 Å². The molecule has 0 radical (unpaired) electrons. The van der Waals surface area contributed by atoms with Crippen molar-refractivity contribution in [2.24, 2.45) is 0 Å². The lowest BCUT2D eigenvalue weighted by molar-refractivity contribution is 0.337. The van der Waals surface area contributed by atoms with Gasteiger partial charge in [-0.15, -0.1) is 0 Å². The Balaban J connectivity index is 2.16. The lowest BCUT2D eigenvalue weighted by Crippen LogP contribution is -2.25. The SMILES string of the molecule is CCOc1cnc(N2CC=C(O)C=C2C)nc1. The third-order valence-electron chi connectivity index (χ3n) is 2.43. The zero-order valence-electron chi connectivity index (χ0n) is 9.92. The first-order chi connectivity index (χ1) is 8.20. The van der Waals surface area contributed by atoms with Crippen LogP contribution in [0.4, 0.5) is 5.95 Å². The van der Waals surface area contributed by atoms with Gasteiger partial charge in [0, 0.05) is 12.2 Å². The monoisotopic (exact) mass is 233 g/mol. The van der Waals surface area contributed by atoms with Crippen LogP contribution in [0.2, 0.25) is 0 Å². The van der Waals surface area contributed by atoms with Crippen LogP contribution < -0.4 is 9.64 Å². The van der Waals surface area contributed by atoms with E-state index >= 15 is 0 Å². The van der Waals surface area contributed by atoms with Crippen LogP contribution in [0.15, 0.2) is 36.0 Å². The zero-order chi connectivity index (χ0) is 12.3. The Morgan fingerprint density at radius 3 is 2.71 bits per heavy atom. The molecule has 1 aromatic heterocycles. The molecule has 5 nitrogen and oxygen atoms in total. The van der Waals surface area contributed by atoms with Crippen LogP contribution in [0.1, 0.15) is 13.8 Å². The van der Waals surface area contributed by atoms with E-state index in [1.807, 2.05) is 18.7 Å². The molecule has 0 bridgehead atoms. The molecular weight excluding hydrogens is 218 g/mol. The molecule has 0 aromatic carbocycles. The van der Waals surface area contributed by atoms with Crippen LogP contribution in [-0.4, -0.2) is 28.2 Å². The van der Waals surface area contributed by atoms with E-state index in [0.717, 1.165) is 5.70 Å².